The van der Waals surface area contributed by atoms with Crippen molar-refractivity contribution in [3.63, 3.8) is 0 Å². The average Bonchev–Trinajstić information content (AvgIpc) is 3.79. The summed E-state index contributed by atoms with van der Waals surface area (Å²) in [6.45, 7) is 5.33. The molecule has 0 bridgehead atoms. The van der Waals surface area contributed by atoms with Crippen LogP contribution in [0.2, 0.25) is 0 Å². The Morgan fingerprint density at radius 3 is 2.24 bits per heavy atom. The molecule has 4 aliphatic rings. The fourth-order valence-corrected chi connectivity index (χ4v) is 7.96. The highest BCUT2D eigenvalue weighted by Gasteiger charge is 2.55. The molecule has 2 aromatic carbocycles. The number of nitrogens with one attached hydrogen (secondary N) is 2. The van der Waals surface area contributed by atoms with Gasteiger partial charge in [-0.25, -0.2) is 4.79 Å². The average molecular weight is 883 g/mol. The molecule has 2 heterocycles. The monoisotopic (exact) mass is 882 g/mol. The summed E-state index contributed by atoms with van der Waals surface area (Å²) in [6.07, 6.45) is -5.44. The second kappa shape index (κ2) is 20.5. The minimum Gasteiger partial charge on any atom is -0.460 e. The van der Waals surface area contributed by atoms with Crippen LogP contribution in [-0.2, 0) is 55.6 Å². The Balaban J connectivity index is 1.11. The van der Waals surface area contributed by atoms with Gasteiger partial charge in [-0.15, -0.1) is 0 Å². The van der Waals surface area contributed by atoms with Gasteiger partial charge in [-0.2, -0.15) is 0 Å². The molecule has 2 aliphatic heterocycles. The van der Waals surface area contributed by atoms with Crippen molar-refractivity contribution in [1.29, 1.82) is 0 Å². The molecule has 8 N–H and O–H groups in total. The molecule has 2 amide bonds. The predicted molar refractivity (Wildman–Crippen MR) is 221 cm³/mol. The SMILES string of the molecule is CC(O)C(NC(=O)C1=CC2OC3(Cc4ccccc4C3)OC2C(OC(=O)c2ccc(C=CCOC3OC(CO)C(O)C(O)C3O)cc2)C1)C(=O)NC(CO)CCC(=O)OC(C)(C)C. The van der Waals surface area contributed by atoms with Gasteiger partial charge in [-0.1, -0.05) is 48.6 Å². The molecule has 2 saturated heterocycles. The van der Waals surface area contributed by atoms with E-state index in [1.807, 2.05) is 24.3 Å². The lowest BCUT2D eigenvalue weighted by atomic mass is 9.91. The summed E-state index contributed by atoms with van der Waals surface area (Å²) in [5.74, 6) is -3.81. The molecule has 1 spiro atoms. The number of aliphatic hydroxyl groups is 6. The zero-order valence-corrected chi connectivity index (χ0v) is 35.6. The predicted octanol–water partition coefficient (Wildman–Crippen LogP) is 0.116. The number of rotatable bonds is 16. The van der Waals surface area contributed by atoms with E-state index in [4.69, 9.17) is 28.4 Å². The van der Waals surface area contributed by atoms with Crippen molar-refractivity contribution in [3.05, 3.63) is 88.5 Å². The first-order valence-corrected chi connectivity index (χ1v) is 21.0. The normalized spacial score (nSPS) is 27.7. The van der Waals surface area contributed by atoms with Crippen molar-refractivity contribution in [2.75, 3.05) is 19.8 Å². The molecule has 11 unspecified atom stereocenters. The van der Waals surface area contributed by atoms with Gasteiger partial charge in [0.15, 0.2) is 12.1 Å². The van der Waals surface area contributed by atoms with E-state index in [0.717, 1.165) is 11.1 Å². The molecule has 18 nitrogen and oxygen atoms in total. The van der Waals surface area contributed by atoms with E-state index < -0.39 is 116 Å². The summed E-state index contributed by atoms with van der Waals surface area (Å²) < 4.78 is 35.3. The van der Waals surface area contributed by atoms with Gasteiger partial charge in [0.25, 0.3) is 0 Å². The number of benzene rings is 2. The number of carbonyl (C=O) groups is 4. The Labute approximate surface area is 364 Å². The van der Waals surface area contributed by atoms with Crippen LogP contribution in [-0.4, -0.2) is 153 Å². The lowest BCUT2D eigenvalue weighted by Crippen LogP contribution is -2.59. The first kappa shape index (κ1) is 47.9. The molecule has 63 heavy (non-hydrogen) atoms. The molecular formula is C45H58N2O16. The molecular weight excluding hydrogens is 824 g/mol. The Kier molecular flexibility index (Phi) is 15.6. The van der Waals surface area contributed by atoms with Crippen molar-refractivity contribution in [3.8, 4) is 0 Å². The summed E-state index contributed by atoms with van der Waals surface area (Å²) in [5.41, 5.74) is 2.36. The van der Waals surface area contributed by atoms with Crippen molar-refractivity contribution in [1.82, 2.24) is 10.6 Å². The molecule has 0 aromatic heterocycles. The molecule has 0 saturated carbocycles. The van der Waals surface area contributed by atoms with Gasteiger partial charge < -0.3 is 69.7 Å². The smallest absolute Gasteiger partial charge is 0.338 e. The minimum absolute atomic E-state index is 0.0464. The van der Waals surface area contributed by atoms with Gasteiger partial charge in [-0.3, -0.25) is 14.4 Å². The molecule has 344 valence electrons. The first-order chi connectivity index (χ1) is 29.9. The zero-order valence-electron chi connectivity index (χ0n) is 35.6. The van der Waals surface area contributed by atoms with Crippen molar-refractivity contribution < 1.29 is 78.2 Å². The lowest BCUT2D eigenvalue weighted by Gasteiger charge is -2.39. The highest BCUT2D eigenvalue weighted by molar-refractivity contribution is 5.97. The fourth-order valence-electron chi connectivity index (χ4n) is 7.96. The summed E-state index contributed by atoms with van der Waals surface area (Å²) in [6, 6.07) is 11.9. The molecule has 6 rings (SSSR count). The van der Waals surface area contributed by atoms with E-state index in [1.54, 1.807) is 63.3 Å². The summed E-state index contributed by atoms with van der Waals surface area (Å²) in [5, 5.41) is 65.3. The maximum Gasteiger partial charge on any atom is 0.338 e. The highest BCUT2D eigenvalue weighted by Crippen LogP contribution is 2.45. The number of fused-ring (bicyclic) bond motifs is 2. The van der Waals surface area contributed by atoms with E-state index in [9.17, 15) is 49.8 Å². The Hall–Kier alpha value is -4.60. The molecule has 18 heteroatoms. The molecule has 2 aromatic rings. The van der Waals surface area contributed by atoms with Crippen LogP contribution in [0.4, 0.5) is 0 Å². The number of amides is 2. The Morgan fingerprint density at radius 2 is 1.62 bits per heavy atom. The van der Waals surface area contributed by atoms with Crippen LogP contribution in [0.1, 0.15) is 74.0 Å². The van der Waals surface area contributed by atoms with Crippen molar-refractivity contribution in [2.24, 2.45) is 0 Å². The van der Waals surface area contributed by atoms with Crippen LogP contribution in [0.25, 0.3) is 6.08 Å². The van der Waals surface area contributed by atoms with Crippen LogP contribution in [0, 0.1) is 0 Å². The molecule has 11 atom stereocenters. The second-order valence-corrected chi connectivity index (χ2v) is 17.3. The largest absolute Gasteiger partial charge is 0.460 e. The third-order valence-corrected chi connectivity index (χ3v) is 11.2. The molecule has 2 fully saturated rings. The molecule has 2 aliphatic carbocycles. The zero-order chi connectivity index (χ0) is 45.6. The van der Waals surface area contributed by atoms with Gasteiger partial charge in [0.2, 0.25) is 11.8 Å². The van der Waals surface area contributed by atoms with Crippen LogP contribution in [0.5, 0.6) is 0 Å². The van der Waals surface area contributed by atoms with Gasteiger partial charge in [0, 0.05) is 31.3 Å². The van der Waals surface area contributed by atoms with Crippen LogP contribution in [0.3, 0.4) is 0 Å². The minimum atomic E-state index is -1.57. The Morgan fingerprint density at radius 1 is 0.937 bits per heavy atom. The standard InChI is InChI=1S/C45H58N2O16/c1-24(50)35(41(56)46-30(22-48)15-16-34(51)62-44(2,3)4)47-40(55)29-18-31(39-32(19-29)61-45(63-39)20-27-9-5-6-10-28(27)21-45)59-42(57)26-13-11-25(12-14-26)8-7-17-58-43-38(54)37(53)36(52)33(23-49)60-43/h5-14,19,24,30-33,35-39,43,48-50,52-54H,15-18,20-23H2,1-4H3,(H,46,56)(H,47,55). The van der Waals surface area contributed by atoms with Gasteiger partial charge >= 0.3 is 11.9 Å². The van der Waals surface area contributed by atoms with E-state index >= 15 is 0 Å². The van der Waals surface area contributed by atoms with Crippen LogP contribution in [0.15, 0.2) is 66.3 Å². The number of ether oxygens (including phenoxy) is 6. The highest BCUT2D eigenvalue weighted by atomic mass is 16.8. The van der Waals surface area contributed by atoms with Crippen molar-refractivity contribution in [2.45, 2.75) is 138 Å². The van der Waals surface area contributed by atoms with E-state index in [2.05, 4.69) is 10.6 Å². The number of hydrogen-bond donors (Lipinski definition) is 8. The van der Waals surface area contributed by atoms with Gasteiger partial charge in [0.1, 0.15) is 54.4 Å². The van der Waals surface area contributed by atoms with E-state index in [0.29, 0.717) is 18.4 Å². The van der Waals surface area contributed by atoms with E-state index in [-0.39, 0.29) is 37.0 Å². The third-order valence-electron chi connectivity index (χ3n) is 11.2. The summed E-state index contributed by atoms with van der Waals surface area (Å²) in [4.78, 5) is 53.3. The lowest BCUT2D eigenvalue weighted by molar-refractivity contribution is -0.298. The van der Waals surface area contributed by atoms with E-state index in [1.165, 1.54) is 6.92 Å². The number of hydrogen-bond acceptors (Lipinski definition) is 16. The third kappa shape index (κ3) is 12.0. The number of esters is 2. The first-order valence-electron chi connectivity index (χ1n) is 21.0. The summed E-state index contributed by atoms with van der Waals surface area (Å²) in [7, 11) is 0. The maximum absolute atomic E-state index is 13.9. The number of aliphatic hydroxyl groups excluding tert-OH is 6. The number of carbonyl (C=O) groups excluding carboxylic acids is 4. The van der Waals surface area contributed by atoms with Gasteiger partial charge in [0.05, 0.1) is 37.5 Å². The van der Waals surface area contributed by atoms with Crippen molar-refractivity contribution >= 4 is 29.8 Å². The van der Waals surface area contributed by atoms with Crippen LogP contribution < -0.4 is 10.6 Å². The summed E-state index contributed by atoms with van der Waals surface area (Å²) >= 11 is 0. The fraction of sp³-hybridized carbons (Fsp3) is 0.556. The maximum atomic E-state index is 13.9. The quantitative estimate of drug-likeness (QED) is 0.104. The second-order valence-electron chi connectivity index (χ2n) is 17.3. The van der Waals surface area contributed by atoms with Gasteiger partial charge in [-0.05, 0) is 69.0 Å². The van der Waals surface area contributed by atoms with Crippen LogP contribution >= 0.6 is 0 Å². The topological polar surface area (TPSA) is 269 Å². The molecule has 0 radical (unpaired) electrons. The Bertz CT molecular complexity index is 1970.